The maximum absolute atomic E-state index is 9.26. The first-order valence-corrected chi connectivity index (χ1v) is 4.66. The number of carboxylic acid groups (broad SMARTS) is 1. The summed E-state index contributed by atoms with van der Waals surface area (Å²) < 4.78 is 0. The summed E-state index contributed by atoms with van der Waals surface area (Å²) in [6.07, 6.45) is -0.498. The molecule has 0 aromatic carbocycles. The minimum atomic E-state index is -0.995. The van der Waals surface area contributed by atoms with E-state index in [0.29, 0.717) is 17.2 Å². The van der Waals surface area contributed by atoms with Crippen LogP contribution in [0, 0.1) is 11.3 Å². The molecule has 0 spiro atoms. The van der Waals surface area contributed by atoms with Crippen molar-refractivity contribution >= 4 is 22.9 Å². The van der Waals surface area contributed by atoms with Gasteiger partial charge in [0.05, 0.1) is 6.07 Å². The SMILES string of the molecule is CC(=NO)SCCC#N.CNC(=O)O. The first-order valence-electron chi connectivity index (χ1n) is 3.67. The van der Waals surface area contributed by atoms with Crippen molar-refractivity contribution in [2.45, 2.75) is 13.3 Å². The van der Waals surface area contributed by atoms with Crippen LogP contribution in [-0.4, -0.2) is 34.3 Å². The molecule has 0 atom stereocenters. The number of carbonyl (C=O) groups is 1. The summed E-state index contributed by atoms with van der Waals surface area (Å²) in [7, 11) is 1.35. The van der Waals surface area contributed by atoms with Gasteiger partial charge in [-0.2, -0.15) is 5.26 Å². The number of nitrogens with zero attached hydrogens (tertiary/aromatic N) is 2. The molecule has 80 valence electrons. The topological polar surface area (TPSA) is 106 Å². The molecule has 7 heteroatoms. The van der Waals surface area contributed by atoms with Crippen LogP contribution in [-0.2, 0) is 0 Å². The zero-order valence-electron chi connectivity index (χ0n) is 8.02. The van der Waals surface area contributed by atoms with Crippen molar-refractivity contribution in [3.63, 3.8) is 0 Å². The number of oxime groups is 1. The number of hydrogen-bond acceptors (Lipinski definition) is 5. The Morgan fingerprint density at radius 2 is 2.21 bits per heavy atom. The third-order valence-corrected chi connectivity index (χ3v) is 1.79. The lowest BCUT2D eigenvalue weighted by Gasteiger charge is -1.90. The Hall–Kier alpha value is -1.42. The second-order valence-electron chi connectivity index (χ2n) is 1.93. The fourth-order valence-corrected chi connectivity index (χ4v) is 0.820. The second-order valence-corrected chi connectivity index (χ2v) is 3.22. The van der Waals surface area contributed by atoms with Crippen LogP contribution >= 0.6 is 11.8 Å². The molecule has 0 radical (unpaired) electrons. The van der Waals surface area contributed by atoms with Crippen LogP contribution in [0.3, 0.4) is 0 Å². The number of hydrogen-bond donors (Lipinski definition) is 3. The molecule has 0 heterocycles. The second kappa shape index (κ2) is 11.6. The molecular formula is C7H13N3O3S. The van der Waals surface area contributed by atoms with Crippen LogP contribution in [0.4, 0.5) is 4.79 Å². The quantitative estimate of drug-likeness (QED) is 0.213. The third-order valence-electron chi connectivity index (χ3n) is 0.880. The average Bonchev–Trinajstić information content (AvgIpc) is 2.19. The lowest BCUT2D eigenvalue weighted by Crippen LogP contribution is -2.13. The van der Waals surface area contributed by atoms with E-state index >= 15 is 0 Å². The number of nitriles is 1. The Balaban J connectivity index is 0. The van der Waals surface area contributed by atoms with Gasteiger partial charge in [0.1, 0.15) is 5.04 Å². The van der Waals surface area contributed by atoms with Gasteiger partial charge >= 0.3 is 6.09 Å². The highest BCUT2D eigenvalue weighted by atomic mass is 32.2. The summed E-state index contributed by atoms with van der Waals surface area (Å²) in [6.45, 7) is 1.70. The van der Waals surface area contributed by atoms with Crippen molar-refractivity contribution in [3.8, 4) is 6.07 Å². The molecule has 0 aliphatic heterocycles. The van der Waals surface area contributed by atoms with Crippen LogP contribution in [0.1, 0.15) is 13.3 Å². The molecule has 0 fully saturated rings. The number of nitrogens with one attached hydrogen (secondary N) is 1. The fraction of sp³-hybridized carbons (Fsp3) is 0.571. The number of amides is 1. The summed E-state index contributed by atoms with van der Waals surface area (Å²) in [5.41, 5.74) is 0. The van der Waals surface area contributed by atoms with E-state index in [-0.39, 0.29) is 0 Å². The number of rotatable bonds is 2. The van der Waals surface area contributed by atoms with Gasteiger partial charge in [-0.25, -0.2) is 4.79 Å². The van der Waals surface area contributed by atoms with Crippen molar-refractivity contribution in [3.05, 3.63) is 0 Å². The molecule has 3 N–H and O–H groups in total. The van der Waals surface area contributed by atoms with E-state index in [2.05, 4.69) is 5.16 Å². The average molecular weight is 219 g/mol. The lowest BCUT2D eigenvalue weighted by molar-refractivity contribution is 0.197. The van der Waals surface area contributed by atoms with E-state index in [0.717, 1.165) is 0 Å². The van der Waals surface area contributed by atoms with Gasteiger partial charge in [-0.3, -0.25) is 0 Å². The zero-order valence-corrected chi connectivity index (χ0v) is 8.84. The summed E-state index contributed by atoms with van der Waals surface area (Å²) >= 11 is 1.38. The minimum Gasteiger partial charge on any atom is -0.465 e. The maximum atomic E-state index is 9.26. The Morgan fingerprint density at radius 1 is 1.71 bits per heavy atom. The van der Waals surface area contributed by atoms with Crippen molar-refractivity contribution in [1.29, 1.82) is 5.26 Å². The van der Waals surface area contributed by atoms with E-state index in [9.17, 15) is 4.79 Å². The zero-order chi connectivity index (χ0) is 11.4. The van der Waals surface area contributed by atoms with Crippen molar-refractivity contribution in [2.24, 2.45) is 5.16 Å². The molecule has 14 heavy (non-hydrogen) atoms. The van der Waals surface area contributed by atoms with E-state index in [4.69, 9.17) is 15.6 Å². The maximum Gasteiger partial charge on any atom is 0.404 e. The lowest BCUT2D eigenvalue weighted by atomic mass is 10.6. The fourth-order valence-electron chi connectivity index (χ4n) is 0.273. The molecule has 0 unspecified atom stereocenters. The van der Waals surface area contributed by atoms with Crippen molar-refractivity contribution in [2.75, 3.05) is 12.8 Å². The summed E-state index contributed by atoms with van der Waals surface area (Å²) in [4.78, 5) is 9.26. The van der Waals surface area contributed by atoms with Gasteiger partial charge in [-0.1, -0.05) is 5.16 Å². The third kappa shape index (κ3) is 16.9. The van der Waals surface area contributed by atoms with Gasteiger partial charge in [0, 0.05) is 19.2 Å². The summed E-state index contributed by atoms with van der Waals surface area (Å²) in [5.74, 6) is 0.701. The molecule has 6 nitrogen and oxygen atoms in total. The van der Waals surface area contributed by atoms with Crippen LogP contribution in [0.5, 0.6) is 0 Å². The Labute approximate surface area is 86.6 Å². The molecule has 0 rings (SSSR count). The minimum absolute atomic E-state index is 0.498. The van der Waals surface area contributed by atoms with Crippen molar-refractivity contribution in [1.82, 2.24) is 5.32 Å². The summed E-state index contributed by atoms with van der Waals surface area (Å²) in [5, 5.41) is 29.3. The number of thioether (sulfide) groups is 1. The monoisotopic (exact) mass is 219 g/mol. The highest BCUT2D eigenvalue weighted by Crippen LogP contribution is 2.03. The first kappa shape index (κ1) is 15.1. The molecule has 0 aromatic heterocycles. The normalized spacial score (nSPS) is 9.36. The van der Waals surface area contributed by atoms with Crippen LogP contribution < -0.4 is 5.32 Å². The van der Waals surface area contributed by atoms with Gasteiger partial charge in [-0.15, -0.1) is 11.8 Å². The standard InChI is InChI=1S/C5H8N2OS.C2H5NO2/c1-5(7-8)9-4-2-3-6;1-3-2(4)5/h8H,2,4H2,1H3;3H,1H3,(H,4,5). The van der Waals surface area contributed by atoms with Crippen LogP contribution in [0.15, 0.2) is 5.16 Å². The predicted molar refractivity (Wildman–Crippen MR) is 54.7 cm³/mol. The molecule has 0 aliphatic rings. The van der Waals surface area contributed by atoms with E-state index in [1.54, 1.807) is 6.92 Å². The van der Waals surface area contributed by atoms with Crippen molar-refractivity contribution < 1.29 is 15.1 Å². The van der Waals surface area contributed by atoms with E-state index in [1.165, 1.54) is 18.8 Å². The van der Waals surface area contributed by atoms with E-state index < -0.39 is 6.09 Å². The first-order chi connectivity index (χ1) is 6.58. The Kier molecular flexibility index (Phi) is 12.5. The molecule has 0 aromatic rings. The van der Waals surface area contributed by atoms with Gasteiger partial charge in [-0.05, 0) is 6.92 Å². The van der Waals surface area contributed by atoms with Gasteiger partial charge < -0.3 is 15.6 Å². The highest BCUT2D eigenvalue weighted by Gasteiger charge is 1.90. The molecule has 0 bridgehead atoms. The Bertz CT molecular complexity index is 225. The molecule has 0 aliphatic carbocycles. The molecule has 0 saturated carbocycles. The van der Waals surface area contributed by atoms with Gasteiger partial charge in [0.25, 0.3) is 0 Å². The van der Waals surface area contributed by atoms with Crippen LogP contribution in [0.2, 0.25) is 0 Å². The van der Waals surface area contributed by atoms with Gasteiger partial charge in [0.2, 0.25) is 0 Å². The predicted octanol–water partition coefficient (Wildman–Crippen LogP) is 1.32. The van der Waals surface area contributed by atoms with Gasteiger partial charge in [0.15, 0.2) is 0 Å². The summed E-state index contributed by atoms with van der Waals surface area (Å²) in [6, 6.07) is 1.99. The Morgan fingerprint density at radius 3 is 2.50 bits per heavy atom. The van der Waals surface area contributed by atoms with Crippen LogP contribution in [0.25, 0.3) is 0 Å². The molecule has 1 amide bonds. The molecule has 0 saturated heterocycles. The smallest absolute Gasteiger partial charge is 0.404 e. The largest absolute Gasteiger partial charge is 0.465 e. The molecular weight excluding hydrogens is 206 g/mol. The highest BCUT2D eigenvalue weighted by molar-refractivity contribution is 8.13. The van der Waals surface area contributed by atoms with E-state index in [1.807, 2.05) is 11.4 Å².